The molecule has 0 unspecified atom stereocenters. The van der Waals surface area contributed by atoms with E-state index in [0.29, 0.717) is 17.9 Å². The molecule has 1 aromatic rings. The van der Waals surface area contributed by atoms with E-state index >= 15 is 0 Å². The smallest absolute Gasteiger partial charge is 0.278 e. The van der Waals surface area contributed by atoms with E-state index in [0.717, 1.165) is 12.8 Å². The van der Waals surface area contributed by atoms with Crippen LogP contribution in [0.25, 0.3) is 0 Å². The summed E-state index contributed by atoms with van der Waals surface area (Å²) in [6, 6.07) is 6.94. The SMILES string of the molecule is CCCCCCCCCCOc1ccccc1C(=O)NO. The second-order valence-electron chi connectivity index (χ2n) is 5.26. The maximum atomic E-state index is 11.5. The van der Waals surface area contributed by atoms with Crippen molar-refractivity contribution in [2.75, 3.05) is 6.61 Å². The van der Waals surface area contributed by atoms with Crippen LogP contribution in [0.5, 0.6) is 5.75 Å². The number of hydrogen-bond donors (Lipinski definition) is 2. The number of rotatable bonds is 11. The Morgan fingerprint density at radius 3 is 2.33 bits per heavy atom. The van der Waals surface area contributed by atoms with Crippen LogP contribution in [0.3, 0.4) is 0 Å². The van der Waals surface area contributed by atoms with Crippen LogP contribution in [0.1, 0.15) is 68.6 Å². The Balaban J connectivity index is 2.17. The molecular formula is C17H27NO3. The van der Waals surface area contributed by atoms with Crippen molar-refractivity contribution >= 4 is 5.91 Å². The van der Waals surface area contributed by atoms with Gasteiger partial charge in [-0.2, -0.15) is 0 Å². The molecule has 0 aromatic heterocycles. The Hall–Kier alpha value is -1.55. The first-order chi connectivity index (χ1) is 10.3. The quantitative estimate of drug-likeness (QED) is 0.363. The fourth-order valence-corrected chi connectivity index (χ4v) is 2.26. The van der Waals surface area contributed by atoms with E-state index in [-0.39, 0.29) is 0 Å². The first kappa shape index (κ1) is 17.5. The highest BCUT2D eigenvalue weighted by Gasteiger charge is 2.10. The van der Waals surface area contributed by atoms with E-state index in [2.05, 4.69) is 6.92 Å². The highest BCUT2D eigenvalue weighted by molar-refractivity contribution is 5.96. The van der Waals surface area contributed by atoms with E-state index in [1.807, 2.05) is 6.07 Å². The number of amides is 1. The van der Waals surface area contributed by atoms with Crippen LogP contribution < -0.4 is 10.2 Å². The molecule has 0 atom stereocenters. The number of carbonyl (C=O) groups excluding carboxylic acids is 1. The number of unbranched alkanes of at least 4 members (excludes halogenated alkanes) is 7. The molecule has 0 fully saturated rings. The standard InChI is InChI=1S/C17H27NO3/c1-2-3-4-5-6-7-8-11-14-21-16-13-10-9-12-15(16)17(19)18-20/h9-10,12-13,20H,2-8,11,14H2,1H3,(H,18,19). The molecule has 0 aliphatic carbocycles. The van der Waals surface area contributed by atoms with Gasteiger partial charge in [0.15, 0.2) is 0 Å². The minimum atomic E-state index is -0.540. The summed E-state index contributed by atoms with van der Waals surface area (Å²) in [5.74, 6) is -0.0199. The topological polar surface area (TPSA) is 58.6 Å². The van der Waals surface area contributed by atoms with Crippen LogP contribution in [0.15, 0.2) is 24.3 Å². The molecule has 0 saturated heterocycles. The van der Waals surface area contributed by atoms with Gasteiger partial charge in [0.2, 0.25) is 0 Å². The number of carbonyl (C=O) groups is 1. The Kier molecular flexibility index (Phi) is 9.29. The van der Waals surface area contributed by atoms with Gasteiger partial charge in [0.1, 0.15) is 5.75 Å². The van der Waals surface area contributed by atoms with Crippen molar-refractivity contribution in [1.82, 2.24) is 5.48 Å². The van der Waals surface area contributed by atoms with E-state index < -0.39 is 5.91 Å². The molecule has 2 N–H and O–H groups in total. The van der Waals surface area contributed by atoms with Crippen LogP contribution in [0, 0.1) is 0 Å². The van der Waals surface area contributed by atoms with Gasteiger partial charge in [-0.15, -0.1) is 0 Å². The zero-order valence-electron chi connectivity index (χ0n) is 12.9. The first-order valence-corrected chi connectivity index (χ1v) is 7.95. The van der Waals surface area contributed by atoms with Gasteiger partial charge in [0, 0.05) is 0 Å². The van der Waals surface area contributed by atoms with Crippen LogP contribution >= 0.6 is 0 Å². The predicted octanol–water partition coefficient (Wildman–Crippen LogP) is 4.33. The summed E-state index contributed by atoms with van der Waals surface area (Å²) in [7, 11) is 0. The molecule has 0 heterocycles. The molecule has 1 amide bonds. The maximum absolute atomic E-state index is 11.5. The molecule has 1 aromatic carbocycles. The molecule has 4 heteroatoms. The van der Waals surface area contributed by atoms with Gasteiger partial charge in [-0.05, 0) is 18.6 Å². The fourth-order valence-electron chi connectivity index (χ4n) is 2.26. The lowest BCUT2D eigenvalue weighted by atomic mass is 10.1. The Labute approximate surface area is 127 Å². The van der Waals surface area contributed by atoms with Crippen molar-refractivity contribution in [1.29, 1.82) is 0 Å². The number of nitrogens with one attached hydrogen (secondary N) is 1. The van der Waals surface area contributed by atoms with Gasteiger partial charge >= 0.3 is 0 Å². The number of para-hydroxylation sites is 1. The monoisotopic (exact) mass is 293 g/mol. The third kappa shape index (κ3) is 7.14. The number of hydroxylamine groups is 1. The van der Waals surface area contributed by atoms with E-state index in [4.69, 9.17) is 9.94 Å². The molecule has 0 bridgehead atoms. The van der Waals surface area contributed by atoms with Gasteiger partial charge < -0.3 is 4.74 Å². The second-order valence-corrected chi connectivity index (χ2v) is 5.26. The van der Waals surface area contributed by atoms with Gasteiger partial charge in [-0.25, -0.2) is 5.48 Å². The lowest BCUT2D eigenvalue weighted by molar-refractivity contribution is 0.0702. The van der Waals surface area contributed by atoms with Crippen LogP contribution in [-0.2, 0) is 0 Å². The zero-order valence-corrected chi connectivity index (χ0v) is 12.9. The predicted molar refractivity (Wildman–Crippen MR) is 83.8 cm³/mol. The summed E-state index contributed by atoms with van der Waals surface area (Å²) in [5.41, 5.74) is 2.00. The Bertz CT molecular complexity index is 407. The van der Waals surface area contributed by atoms with Crippen molar-refractivity contribution in [3.63, 3.8) is 0 Å². The van der Waals surface area contributed by atoms with Crippen LogP contribution in [-0.4, -0.2) is 17.7 Å². The Morgan fingerprint density at radius 1 is 1.05 bits per heavy atom. The van der Waals surface area contributed by atoms with Crippen LogP contribution in [0.2, 0.25) is 0 Å². The summed E-state index contributed by atoms with van der Waals surface area (Å²) >= 11 is 0. The lowest BCUT2D eigenvalue weighted by Crippen LogP contribution is -2.19. The van der Waals surface area contributed by atoms with Crippen molar-refractivity contribution < 1.29 is 14.7 Å². The fraction of sp³-hybridized carbons (Fsp3) is 0.588. The van der Waals surface area contributed by atoms with E-state index in [1.54, 1.807) is 23.7 Å². The lowest BCUT2D eigenvalue weighted by Gasteiger charge is -2.10. The molecule has 0 saturated carbocycles. The highest BCUT2D eigenvalue weighted by atomic mass is 16.5. The largest absolute Gasteiger partial charge is 0.493 e. The van der Waals surface area contributed by atoms with Crippen molar-refractivity contribution in [2.24, 2.45) is 0 Å². The molecule has 0 radical (unpaired) electrons. The van der Waals surface area contributed by atoms with Gasteiger partial charge in [0.25, 0.3) is 5.91 Å². The van der Waals surface area contributed by atoms with Crippen LogP contribution in [0.4, 0.5) is 0 Å². The Morgan fingerprint density at radius 2 is 1.67 bits per heavy atom. The van der Waals surface area contributed by atoms with E-state index in [9.17, 15) is 4.79 Å². The summed E-state index contributed by atoms with van der Waals surface area (Å²) in [6.45, 7) is 2.83. The number of ether oxygens (including phenoxy) is 1. The molecular weight excluding hydrogens is 266 g/mol. The highest BCUT2D eigenvalue weighted by Crippen LogP contribution is 2.18. The second kappa shape index (κ2) is 11.1. The molecule has 0 aliphatic rings. The molecule has 118 valence electrons. The molecule has 0 spiro atoms. The van der Waals surface area contributed by atoms with Crippen molar-refractivity contribution in [3.8, 4) is 5.75 Å². The summed E-state index contributed by atoms with van der Waals surface area (Å²) in [6.07, 6.45) is 9.98. The summed E-state index contributed by atoms with van der Waals surface area (Å²) < 4.78 is 5.63. The molecule has 4 nitrogen and oxygen atoms in total. The average molecular weight is 293 g/mol. The third-order valence-corrected chi connectivity index (χ3v) is 3.49. The van der Waals surface area contributed by atoms with Gasteiger partial charge in [-0.3, -0.25) is 10.0 Å². The average Bonchev–Trinajstić information content (AvgIpc) is 2.53. The number of benzene rings is 1. The van der Waals surface area contributed by atoms with Crippen molar-refractivity contribution in [2.45, 2.75) is 58.3 Å². The first-order valence-electron chi connectivity index (χ1n) is 7.95. The molecule has 0 aliphatic heterocycles. The maximum Gasteiger partial charge on any atom is 0.278 e. The number of hydrogen-bond acceptors (Lipinski definition) is 3. The zero-order chi connectivity index (χ0) is 15.3. The normalized spacial score (nSPS) is 10.4. The molecule has 21 heavy (non-hydrogen) atoms. The summed E-state index contributed by atoms with van der Waals surface area (Å²) in [4.78, 5) is 11.5. The molecule has 1 rings (SSSR count). The van der Waals surface area contributed by atoms with E-state index in [1.165, 1.54) is 38.5 Å². The summed E-state index contributed by atoms with van der Waals surface area (Å²) in [5, 5.41) is 8.69. The minimum absolute atomic E-state index is 0.361. The third-order valence-electron chi connectivity index (χ3n) is 3.49. The van der Waals surface area contributed by atoms with Crippen molar-refractivity contribution in [3.05, 3.63) is 29.8 Å². The van der Waals surface area contributed by atoms with Gasteiger partial charge in [-0.1, -0.05) is 64.0 Å². The minimum Gasteiger partial charge on any atom is -0.493 e. The van der Waals surface area contributed by atoms with Gasteiger partial charge in [0.05, 0.1) is 12.2 Å².